The Kier molecular flexibility index (Phi) is 27.9. The van der Waals surface area contributed by atoms with Gasteiger partial charge in [0, 0.05) is 0 Å². The summed E-state index contributed by atoms with van der Waals surface area (Å²) in [5.41, 5.74) is 0. The molecule has 0 nitrogen and oxygen atoms in total. The third-order valence-electron chi connectivity index (χ3n) is 0. The van der Waals surface area contributed by atoms with E-state index in [1.807, 2.05) is 6.92 Å². The van der Waals surface area contributed by atoms with Crippen LogP contribution in [0.5, 0.6) is 0 Å². The Morgan fingerprint density at radius 3 is 1.67 bits per heavy atom. The molecule has 0 aliphatic heterocycles. The molecule has 0 bridgehead atoms. The molecule has 0 unspecified atom stereocenters. The van der Waals surface area contributed by atoms with Crippen molar-refractivity contribution in [2.24, 2.45) is 0 Å². The van der Waals surface area contributed by atoms with Gasteiger partial charge >= 0.3 is 34.7 Å². The third-order valence-corrected chi connectivity index (χ3v) is 0. The Morgan fingerprint density at radius 1 is 1.67 bits per heavy atom. The fourth-order valence-corrected chi connectivity index (χ4v) is 0. The van der Waals surface area contributed by atoms with Gasteiger partial charge in [0.15, 0.2) is 0 Å². The Labute approximate surface area is 55.0 Å². The zero-order valence-electron chi connectivity index (χ0n) is 3.88. The third kappa shape index (κ3) is 62.7. The van der Waals surface area contributed by atoms with Gasteiger partial charge in [0.1, 0.15) is 0 Å². The Balaban J connectivity index is 0. The van der Waals surface area contributed by atoms with Crippen molar-refractivity contribution in [3.8, 4) is 0 Å². The molecular formula is C3H8Cl2Ga. The average Bonchev–Trinajstić information content (AvgIpc) is 1.39. The monoisotopic (exact) mass is 183 g/mol. The second-order valence-electron chi connectivity index (χ2n) is 0.601. The first-order valence-electron chi connectivity index (χ1n) is 1.74. The molecule has 37 valence electrons. The van der Waals surface area contributed by atoms with Gasteiger partial charge < -0.3 is 0 Å². The van der Waals surface area contributed by atoms with E-state index in [1.54, 1.807) is 0 Å². The summed E-state index contributed by atoms with van der Waals surface area (Å²) in [7, 11) is 9.90. The molecule has 3 heteroatoms. The van der Waals surface area contributed by atoms with Crippen molar-refractivity contribution in [3.05, 3.63) is 6.92 Å². The molecule has 6 heavy (non-hydrogen) atoms. The van der Waals surface area contributed by atoms with Crippen molar-refractivity contribution < 1.29 is 0 Å². The van der Waals surface area contributed by atoms with Crippen LogP contribution in [0.25, 0.3) is 0 Å². The topological polar surface area (TPSA) is 0 Å². The van der Waals surface area contributed by atoms with Gasteiger partial charge in [0.05, 0.1) is 0 Å². The second-order valence-corrected chi connectivity index (χ2v) is 5.22. The molecule has 0 aromatic carbocycles. The number of hydrogen-bond acceptors (Lipinski definition) is 0. The summed E-state index contributed by atoms with van der Waals surface area (Å²) >= 11 is -0.931. The van der Waals surface area contributed by atoms with Crippen molar-refractivity contribution in [1.82, 2.24) is 0 Å². The molecule has 0 N–H and O–H groups in total. The molecule has 0 aliphatic rings. The van der Waals surface area contributed by atoms with Crippen LogP contribution in [0.2, 0.25) is 0 Å². The van der Waals surface area contributed by atoms with E-state index >= 15 is 0 Å². The summed E-state index contributed by atoms with van der Waals surface area (Å²) in [5.74, 6) is 0. The van der Waals surface area contributed by atoms with Gasteiger partial charge in [0.25, 0.3) is 0 Å². The van der Waals surface area contributed by atoms with Crippen LogP contribution in [0.15, 0.2) is 0 Å². The van der Waals surface area contributed by atoms with Crippen LogP contribution < -0.4 is 0 Å². The Bertz CT molecular complexity index is 10.8. The molecule has 0 aliphatic carbocycles. The molecule has 0 atom stereocenters. The Hall–Kier alpha value is 1.22. The van der Waals surface area contributed by atoms with Crippen LogP contribution in [0.4, 0.5) is 0 Å². The van der Waals surface area contributed by atoms with Gasteiger partial charge in [-0.05, 0) is 0 Å². The predicted molar refractivity (Wildman–Crippen MR) is 34.5 cm³/mol. The number of halogens is 2. The number of rotatable bonds is 0. The maximum absolute atomic E-state index is 4.95. The van der Waals surface area contributed by atoms with Gasteiger partial charge in [-0.15, -0.1) is 0 Å². The molecule has 0 aromatic rings. The fraction of sp³-hybridized carbons (Fsp3) is 0.667. The van der Waals surface area contributed by atoms with Crippen molar-refractivity contribution in [2.45, 2.75) is 13.3 Å². The van der Waals surface area contributed by atoms with E-state index in [0.717, 1.165) is 6.42 Å². The molecule has 0 spiro atoms. The summed E-state index contributed by atoms with van der Waals surface area (Å²) in [6.45, 7) is 5.50. The van der Waals surface area contributed by atoms with Crippen LogP contribution >= 0.6 is 19.3 Å². The molecule has 0 amide bonds. The first-order chi connectivity index (χ1) is 2.83. The quantitative estimate of drug-likeness (QED) is 0.505. The van der Waals surface area contributed by atoms with Gasteiger partial charge in [-0.2, -0.15) is 0 Å². The van der Waals surface area contributed by atoms with Crippen molar-refractivity contribution in [3.63, 3.8) is 0 Å². The van der Waals surface area contributed by atoms with E-state index < -0.39 is 15.4 Å². The molecule has 1 radical (unpaired) electrons. The molecule has 0 saturated heterocycles. The number of hydrogen-bond donors (Lipinski definition) is 0. The summed E-state index contributed by atoms with van der Waals surface area (Å²) in [6.07, 6.45) is 1.00. The van der Waals surface area contributed by atoms with E-state index in [1.165, 1.54) is 0 Å². The van der Waals surface area contributed by atoms with E-state index in [-0.39, 0.29) is 0 Å². The molecule has 0 saturated carbocycles. The van der Waals surface area contributed by atoms with Crippen LogP contribution in [0, 0.1) is 6.92 Å². The molecule has 0 fully saturated rings. The average molecular weight is 185 g/mol. The van der Waals surface area contributed by atoms with E-state index in [4.69, 9.17) is 19.3 Å². The zero-order valence-corrected chi connectivity index (χ0v) is 8.36. The summed E-state index contributed by atoms with van der Waals surface area (Å²) in [6, 6.07) is 0. The van der Waals surface area contributed by atoms with E-state index in [2.05, 4.69) is 6.92 Å². The molecule has 0 aromatic heterocycles. The van der Waals surface area contributed by atoms with Gasteiger partial charge in [-0.1, -0.05) is 20.3 Å². The minimum absolute atomic E-state index is 0.931. The van der Waals surface area contributed by atoms with E-state index in [9.17, 15) is 0 Å². The minimum atomic E-state index is -0.931. The van der Waals surface area contributed by atoms with Crippen molar-refractivity contribution in [1.29, 1.82) is 0 Å². The van der Waals surface area contributed by atoms with Crippen LogP contribution in [0.1, 0.15) is 13.3 Å². The second kappa shape index (κ2) is 16.4. The SMILES string of the molecule is [CH2]CC.[Cl][GaH][Cl]. The van der Waals surface area contributed by atoms with Crippen LogP contribution in [-0.4, -0.2) is 15.4 Å². The van der Waals surface area contributed by atoms with E-state index in [0.29, 0.717) is 0 Å². The fourth-order valence-electron chi connectivity index (χ4n) is 0. The summed E-state index contributed by atoms with van der Waals surface area (Å²) < 4.78 is 0. The first kappa shape index (κ1) is 10.2. The normalized spacial score (nSPS) is 5.33. The van der Waals surface area contributed by atoms with Gasteiger partial charge in [-0.25, -0.2) is 0 Å². The summed E-state index contributed by atoms with van der Waals surface area (Å²) in [4.78, 5) is 0. The van der Waals surface area contributed by atoms with Crippen LogP contribution in [-0.2, 0) is 0 Å². The predicted octanol–water partition coefficient (Wildman–Crippen LogP) is 1.96. The standard InChI is InChI=1S/C3H7.2ClH.Ga.H/c1-3-2;;;;/h1,3H2,2H3;2*1H;;/q;;;+2;/p-2. The van der Waals surface area contributed by atoms with Crippen molar-refractivity contribution in [2.75, 3.05) is 0 Å². The zero-order chi connectivity index (χ0) is 5.41. The van der Waals surface area contributed by atoms with Crippen molar-refractivity contribution >= 4 is 34.7 Å². The molecule has 0 heterocycles. The molecular weight excluding hydrogens is 177 g/mol. The van der Waals surface area contributed by atoms with Crippen LogP contribution in [0.3, 0.4) is 0 Å². The summed E-state index contributed by atoms with van der Waals surface area (Å²) in [5, 5.41) is 0. The Morgan fingerprint density at radius 2 is 1.67 bits per heavy atom. The van der Waals surface area contributed by atoms with Gasteiger partial charge in [0.2, 0.25) is 0 Å². The van der Waals surface area contributed by atoms with Gasteiger partial charge in [-0.3, -0.25) is 0 Å². The maximum atomic E-state index is 4.95. The first-order valence-corrected chi connectivity index (χ1v) is 9.54. The molecule has 0 rings (SSSR count).